The molecule has 1 heterocycles. The number of pyridine rings is 1. The minimum Gasteiger partial charge on any atom is -0.384 e. The van der Waals surface area contributed by atoms with Crippen molar-refractivity contribution in [2.24, 2.45) is 0 Å². The van der Waals surface area contributed by atoms with Gasteiger partial charge in [0.25, 0.3) is 10.0 Å². The van der Waals surface area contributed by atoms with Crippen molar-refractivity contribution in [3.63, 3.8) is 0 Å². The van der Waals surface area contributed by atoms with Crippen molar-refractivity contribution < 1.29 is 17.9 Å². The number of aliphatic hydroxyl groups is 1. The Morgan fingerprint density at radius 2 is 2.00 bits per heavy atom. The SMILES string of the molecule is O=S(=O)(Nc1ccccc1C#CCO)c1ncccc1F. The second-order valence-corrected chi connectivity index (χ2v) is 5.50. The first kappa shape index (κ1) is 15.0. The highest BCUT2D eigenvalue weighted by Crippen LogP contribution is 2.19. The molecule has 0 aliphatic heterocycles. The van der Waals surface area contributed by atoms with E-state index in [9.17, 15) is 12.8 Å². The number of rotatable bonds is 3. The molecule has 0 unspecified atom stereocenters. The number of hydrogen-bond acceptors (Lipinski definition) is 4. The van der Waals surface area contributed by atoms with Crippen LogP contribution in [-0.2, 0) is 10.0 Å². The van der Waals surface area contributed by atoms with Gasteiger partial charge in [-0.05, 0) is 24.3 Å². The Hall–Kier alpha value is -2.43. The van der Waals surface area contributed by atoms with Gasteiger partial charge >= 0.3 is 0 Å². The molecular formula is C14H11FN2O3S. The fourth-order valence-electron chi connectivity index (χ4n) is 1.58. The van der Waals surface area contributed by atoms with E-state index in [1.54, 1.807) is 18.2 Å². The summed E-state index contributed by atoms with van der Waals surface area (Å²) >= 11 is 0. The van der Waals surface area contributed by atoms with Crippen molar-refractivity contribution in [2.45, 2.75) is 5.03 Å². The molecule has 0 radical (unpaired) electrons. The van der Waals surface area contributed by atoms with Crippen LogP contribution in [-0.4, -0.2) is 25.1 Å². The van der Waals surface area contributed by atoms with Crippen molar-refractivity contribution in [1.29, 1.82) is 0 Å². The summed E-state index contributed by atoms with van der Waals surface area (Å²) in [6.07, 6.45) is 1.19. The van der Waals surface area contributed by atoms with E-state index < -0.39 is 20.9 Å². The lowest BCUT2D eigenvalue weighted by atomic mass is 10.2. The maximum Gasteiger partial charge on any atom is 0.282 e. The number of sulfonamides is 1. The monoisotopic (exact) mass is 306 g/mol. The molecular weight excluding hydrogens is 295 g/mol. The van der Waals surface area contributed by atoms with Crippen LogP contribution in [0.1, 0.15) is 5.56 Å². The first-order valence-electron chi connectivity index (χ1n) is 5.86. The highest BCUT2D eigenvalue weighted by atomic mass is 32.2. The van der Waals surface area contributed by atoms with E-state index in [1.165, 1.54) is 18.3 Å². The van der Waals surface area contributed by atoms with Crippen LogP contribution in [0.4, 0.5) is 10.1 Å². The number of para-hydroxylation sites is 1. The summed E-state index contributed by atoms with van der Waals surface area (Å²) in [6, 6.07) is 8.65. The fourth-order valence-corrected chi connectivity index (χ4v) is 2.67. The molecule has 2 rings (SSSR count). The molecule has 0 bridgehead atoms. The predicted octanol–water partition coefficient (Wildman–Crippen LogP) is 1.37. The van der Waals surface area contributed by atoms with Gasteiger partial charge in [0.1, 0.15) is 6.61 Å². The summed E-state index contributed by atoms with van der Waals surface area (Å²) in [5, 5.41) is 8.01. The van der Waals surface area contributed by atoms with Crippen molar-refractivity contribution in [3.8, 4) is 11.8 Å². The minimum atomic E-state index is -4.16. The van der Waals surface area contributed by atoms with Gasteiger partial charge in [-0.25, -0.2) is 9.37 Å². The maximum atomic E-state index is 13.5. The number of nitrogens with one attached hydrogen (secondary N) is 1. The van der Waals surface area contributed by atoms with Crippen molar-refractivity contribution in [2.75, 3.05) is 11.3 Å². The van der Waals surface area contributed by atoms with Crippen molar-refractivity contribution >= 4 is 15.7 Å². The van der Waals surface area contributed by atoms with Gasteiger partial charge in [-0.1, -0.05) is 24.0 Å². The zero-order valence-corrected chi connectivity index (χ0v) is 11.6. The standard InChI is InChI=1S/C14H11FN2O3S/c15-12-7-3-9-16-14(12)21(19,20)17-13-8-2-1-5-11(13)6-4-10-18/h1-3,5,7-9,17-18H,10H2. The molecule has 7 heteroatoms. The van der Waals surface area contributed by atoms with E-state index in [-0.39, 0.29) is 12.3 Å². The quantitative estimate of drug-likeness (QED) is 0.839. The van der Waals surface area contributed by atoms with Crippen molar-refractivity contribution in [1.82, 2.24) is 4.98 Å². The van der Waals surface area contributed by atoms with E-state index in [0.717, 1.165) is 6.07 Å². The largest absolute Gasteiger partial charge is 0.384 e. The molecule has 2 aromatic rings. The highest BCUT2D eigenvalue weighted by Gasteiger charge is 2.21. The fraction of sp³-hybridized carbons (Fsp3) is 0.0714. The van der Waals surface area contributed by atoms with E-state index in [4.69, 9.17) is 5.11 Å². The molecule has 0 amide bonds. The summed E-state index contributed by atoms with van der Waals surface area (Å²) in [5.41, 5.74) is 0.551. The first-order chi connectivity index (χ1) is 10.0. The van der Waals surface area contributed by atoms with E-state index >= 15 is 0 Å². The zero-order valence-electron chi connectivity index (χ0n) is 10.7. The Morgan fingerprint density at radius 3 is 2.71 bits per heavy atom. The topological polar surface area (TPSA) is 79.3 Å². The Labute approximate surface area is 121 Å². The number of benzene rings is 1. The third-order valence-electron chi connectivity index (χ3n) is 2.45. The molecule has 0 fully saturated rings. The van der Waals surface area contributed by atoms with Gasteiger partial charge < -0.3 is 5.11 Å². The van der Waals surface area contributed by atoms with Gasteiger partial charge in [-0.3, -0.25) is 4.72 Å². The lowest BCUT2D eigenvalue weighted by Gasteiger charge is -2.09. The van der Waals surface area contributed by atoms with E-state index in [2.05, 4.69) is 21.5 Å². The van der Waals surface area contributed by atoms with Crippen LogP contribution >= 0.6 is 0 Å². The normalized spacial score (nSPS) is 10.6. The maximum absolute atomic E-state index is 13.5. The average molecular weight is 306 g/mol. The van der Waals surface area contributed by atoms with Gasteiger partial charge in [0.2, 0.25) is 5.03 Å². The third kappa shape index (κ3) is 3.56. The molecule has 0 saturated heterocycles. The van der Waals surface area contributed by atoms with Crippen LogP contribution < -0.4 is 4.72 Å². The highest BCUT2D eigenvalue weighted by molar-refractivity contribution is 7.92. The Morgan fingerprint density at radius 1 is 1.24 bits per heavy atom. The van der Waals surface area contributed by atoms with Crippen molar-refractivity contribution in [3.05, 3.63) is 54.0 Å². The Balaban J connectivity index is 2.40. The number of hydrogen-bond donors (Lipinski definition) is 2. The molecule has 21 heavy (non-hydrogen) atoms. The second kappa shape index (κ2) is 6.35. The van der Waals surface area contributed by atoms with Crippen LogP contribution in [0.5, 0.6) is 0 Å². The Bertz CT molecular complexity index is 810. The molecule has 5 nitrogen and oxygen atoms in total. The lowest BCUT2D eigenvalue weighted by Crippen LogP contribution is -2.16. The molecule has 108 valence electrons. The molecule has 0 atom stereocenters. The van der Waals surface area contributed by atoms with Crippen LogP contribution in [0.15, 0.2) is 47.6 Å². The van der Waals surface area contributed by atoms with Crippen LogP contribution in [0.2, 0.25) is 0 Å². The first-order valence-corrected chi connectivity index (χ1v) is 7.35. The van der Waals surface area contributed by atoms with E-state index in [0.29, 0.717) is 5.56 Å². The Kier molecular flexibility index (Phi) is 4.52. The molecule has 0 spiro atoms. The number of anilines is 1. The molecule has 1 aromatic heterocycles. The average Bonchev–Trinajstić information content (AvgIpc) is 2.46. The summed E-state index contributed by atoms with van der Waals surface area (Å²) in [5.74, 6) is 4.09. The zero-order chi connectivity index (χ0) is 15.3. The lowest BCUT2D eigenvalue weighted by molar-refractivity contribution is 0.350. The molecule has 0 aliphatic carbocycles. The van der Waals surface area contributed by atoms with E-state index in [1.807, 2.05) is 0 Å². The molecule has 1 aromatic carbocycles. The second-order valence-electron chi connectivity index (χ2n) is 3.90. The predicted molar refractivity (Wildman–Crippen MR) is 75.4 cm³/mol. The van der Waals surface area contributed by atoms with Gasteiger partial charge in [0.05, 0.1) is 5.69 Å². The van der Waals surface area contributed by atoms with Crippen LogP contribution in [0.3, 0.4) is 0 Å². The third-order valence-corrected chi connectivity index (χ3v) is 3.75. The van der Waals surface area contributed by atoms with Crippen LogP contribution in [0, 0.1) is 17.7 Å². The molecule has 0 aliphatic rings. The van der Waals surface area contributed by atoms with Gasteiger partial charge in [-0.15, -0.1) is 0 Å². The smallest absolute Gasteiger partial charge is 0.282 e. The summed E-state index contributed by atoms with van der Waals surface area (Å²) in [6.45, 7) is -0.351. The number of nitrogens with zero attached hydrogens (tertiary/aromatic N) is 1. The minimum absolute atomic E-state index is 0.184. The molecule has 0 saturated carbocycles. The number of halogens is 1. The molecule has 2 N–H and O–H groups in total. The van der Waals surface area contributed by atoms with Crippen LogP contribution in [0.25, 0.3) is 0 Å². The summed E-state index contributed by atoms with van der Waals surface area (Å²) < 4.78 is 40.1. The summed E-state index contributed by atoms with van der Waals surface area (Å²) in [7, 11) is -4.16. The summed E-state index contributed by atoms with van der Waals surface area (Å²) in [4.78, 5) is 3.54. The number of aliphatic hydroxyl groups excluding tert-OH is 1. The number of aromatic nitrogens is 1. The van der Waals surface area contributed by atoms with Gasteiger partial charge in [0, 0.05) is 11.8 Å². The van der Waals surface area contributed by atoms with Gasteiger partial charge in [0.15, 0.2) is 5.82 Å². The van der Waals surface area contributed by atoms with Gasteiger partial charge in [-0.2, -0.15) is 8.42 Å².